The highest BCUT2D eigenvalue weighted by Gasteiger charge is 2.34. The van der Waals surface area contributed by atoms with Gasteiger partial charge in [-0.1, -0.05) is 0 Å². The molecule has 24 heavy (non-hydrogen) atoms. The second-order valence-corrected chi connectivity index (χ2v) is 7.11. The minimum atomic E-state index is -0.511. The molecule has 2 aromatic rings. The van der Waals surface area contributed by atoms with E-state index in [1.807, 2.05) is 5.38 Å². The number of H-pyrrole nitrogens is 1. The Labute approximate surface area is 143 Å². The number of aromatic amines is 1. The Bertz CT molecular complexity index is 787. The Morgan fingerprint density at radius 2 is 2.33 bits per heavy atom. The van der Waals surface area contributed by atoms with Gasteiger partial charge in [-0.05, 0) is 30.7 Å². The van der Waals surface area contributed by atoms with Gasteiger partial charge in [-0.25, -0.2) is 4.98 Å². The molecule has 1 amide bonds. The molecule has 1 fully saturated rings. The number of ether oxygens (including phenoxy) is 1. The number of rotatable bonds is 4. The van der Waals surface area contributed by atoms with E-state index in [0.29, 0.717) is 35.3 Å². The first-order valence-electron chi connectivity index (χ1n) is 7.92. The second-order valence-electron chi connectivity index (χ2n) is 6.19. The molecule has 2 aromatic heterocycles. The maximum Gasteiger partial charge on any atom is 0.268 e. The molecule has 0 aromatic carbocycles. The summed E-state index contributed by atoms with van der Waals surface area (Å²) in [5, 5.41) is 11.7. The maximum atomic E-state index is 12.6. The smallest absolute Gasteiger partial charge is 0.268 e. The van der Waals surface area contributed by atoms with Gasteiger partial charge in [0.15, 0.2) is 0 Å². The molecule has 0 aliphatic heterocycles. The fourth-order valence-electron chi connectivity index (χ4n) is 3.20. The quantitative estimate of drug-likeness (QED) is 0.861. The van der Waals surface area contributed by atoms with Gasteiger partial charge >= 0.3 is 0 Å². The van der Waals surface area contributed by atoms with Gasteiger partial charge in [-0.3, -0.25) is 9.59 Å². The molecule has 7 nitrogen and oxygen atoms in total. The summed E-state index contributed by atoms with van der Waals surface area (Å²) in [5.41, 5.74) is 0.478. The lowest BCUT2D eigenvalue weighted by atomic mass is 9.84. The standard InChI is InChI=1S/C16H21N3O4S/c1-19(16(22)9-3-4-11(20)12(7-9)23-2)8-13-17-10-5-6-24-14(10)15(21)18-13/h5-6,9,11-12,20H,3-4,7-8H2,1-2H3,(H,17,18,21). The van der Waals surface area contributed by atoms with Crippen LogP contribution in [0.15, 0.2) is 16.2 Å². The van der Waals surface area contributed by atoms with Crippen molar-refractivity contribution in [3.63, 3.8) is 0 Å². The number of carbonyl (C=O) groups excluding carboxylic acids is 1. The maximum absolute atomic E-state index is 12.6. The zero-order chi connectivity index (χ0) is 17.3. The normalized spacial score (nSPS) is 24.2. The summed E-state index contributed by atoms with van der Waals surface area (Å²) in [6.45, 7) is 0.247. The highest BCUT2D eigenvalue weighted by Crippen LogP contribution is 2.28. The molecule has 0 saturated heterocycles. The molecule has 3 rings (SSSR count). The number of hydrogen-bond acceptors (Lipinski definition) is 6. The molecule has 0 spiro atoms. The third-order valence-corrected chi connectivity index (χ3v) is 5.44. The number of hydrogen-bond donors (Lipinski definition) is 2. The van der Waals surface area contributed by atoms with Crippen LogP contribution in [0.1, 0.15) is 25.1 Å². The highest BCUT2D eigenvalue weighted by atomic mass is 32.1. The van der Waals surface area contributed by atoms with E-state index in [0.717, 1.165) is 0 Å². The van der Waals surface area contributed by atoms with E-state index in [1.165, 1.54) is 11.3 Å². The first-order chi connectivity index (χ1) is 11.5. The Balaban J connectivity index is 1.70. The summed E-state index contributed by atoms with van der Waals surface area (Å²) in [6, 6.07) is 1.80. The summed E-state index contributed by atoms with van der Waals surface area (Å²) in [4.78, 5) is 33.4. The van der Waals surface area contributed by atoms with Gasteiger partial charge in [-0.15, -0.1) is 11.3 Å². The molecule has 2 N–H and O–H groups in total. The van der Waals surface area contributed by atoms with Gasteiger partial charge in [0.1, 0.15) is 10.5 Å². The van der Waals surface area contributed by atoms with Gasteiger partial charge in [0.25, 0.3) is 5.56 Å². The Hall–Kier alpha value is -1.77. The fraction of sp³-hybridized carbons (Fsp3) is 0.562. The van der Waals surface area contributed by atoms with Crippen LogP contribution in [-0.4, -0.2) is 52.2 Å². The summed E-state index contributed by atoms with van der Waals surface area (Å²) < 4.78 is 5.85. The van der Waals surface area contributed by atoms with Crippen molar-refractivity contribution in [2.45, 2.75) is 38.0 Å². The van der Waals surface area contributed by atoms with Gasteiger partial charge in [0.2, 0.25) is 5.91 Å². The van der Waals surface area contributed by atoms with Crippen LogP contribution >= 0.6 is 11.3 Å². The zero-order valence-corrected chi connectivity index (χ0v) is 14.5. The molecule has 0 bridgehead atoms. The number of nitrogens with one attached hydrogen (secondary N) is 1. The molecule has 2 heterocycles. The molecule has 1 saturated carbocycles. The van der Waals surface area contributed by atoms with E-state index in [1.54, 1.807) is 25.1 Å². The number of methoxy groups -OCH3 is 1. The molecule has 8 heteroatoms. The number of aliphatic hydroxyl groups excluding tert-OH is 1. The largest absolute Gasteiger partial charge is 0.390 e. The molecule has 1 aliphatic carbocycles. The van der Waals surface area contributed by atoms with Crippen molar-refractivity contribution in [2.24, 2.45) is 5.92 Å². The minimum Gasteiger partial charge on any atom is -0.390 e. The summed E-state index contributed by atoms with van der Waals surface area (Å²) in [6.07, 6.45) is 0.884. The van der Waals surface area contributed by atoms with Crippen molar-refractivity contribution in [1.29, 1.82) is 0 Å². The number of carbonyl (C=O) groups is 1. The highest BCUT2D eigenvalue weighted by molar-refractivity contribution is 7.17. The Kier molecular flexibility index (Phi) is 4.98. The molecular formula is C16H21N3O4S. The molecule has 0 radical (unpaired) electrons. The first kappa shape index (κ1) is 17.1. The number of fused-ring (bicyclic) bond motifs is 1. The number of amides is 1. The topological polar surface area (TPSA) is 95.5 Å². The lowest BCUT2D eigenvalue weighted by Crippen LogP contribution is -2.42. The lowest BCUT2D eigenvalue weighted by molar-refractivity contribution is -0.140. The van der Waals surface area contributed by atoms with E-state index in [4.69, 9.17) is 4.74 Å². The SMILES string of the molecule is COC1CC(C(=O)N(C)Cc2nc3ccsc3c(=O)[nH]2)CCC1O. The van der Waals surface area contributed by atoms with Crippen LogP contribution in [-0.2, 0) is 16.1 Å². The van der Waals surface area contributed by atoms with E-state index in [2.05, 4.69) is 9.97 Å². The predicted molar refractivity (Wildman–Crippen MR) is 90.9 cm³/mol. The van der Waals surface area contributed by atoms with Crippen molar-refractivity contribution in [3.05, 3.63) is 27.6 Å². The first-order valence-corrected chi connectivity index (χ1v) is 8.79. The van der Waals surface area contributed by atoms with Gasteiger partial charge in [0.05, 0.1) is 24.3 Å². The van der Waals surface area contributed by atoms with Crippen LogP contribution in [0.2, 0.25) is 0 Å². The summed E-state index contributed by atoms with van der Waals surface area (Å²) in [5.74, 6) is 0.276. The monoisotopic (exact) mass is 351 g/mol. The zero-order valence-electron chi connectivity index (χ0n) is 13.7. The Morgan fingerprint density at radius 1 is 1.54 bits per heavy atom. The van der Waals surface area contributed by atoms with Crippen LogP contribution in [0.5, 0.6) is 0 Å². The minimum absolute atomic E-state index is 0.0167. The van der Waals surface area contributed by atoms with Gasteiger partial charge in [0, 0.05) is 20.1 Å². The number of aromatic nitrogens is 2. The van der Waals surface area contributed by atoms with E-state index < -0.39 is 6.10 Å². The molecular weight excluding hydrogens is 330 g/mol. The molecule has 130 valence electrons. The van der Waals surface area contributed by atoms with Crippen LogP contribution in [0, 0.1) is 5.92 Å². The second kappa shape index (κ2) is 7.00. The van der Waals surface area contributed by atoms with E-state index in [9.17, 15) is 14.7 Å². The van der Waals surface area contributed by atoms with Gasteiger partial charge in [-0.2, -0.15) is 0 Å². The number of nitrogens with zero attached hydrogens (tertiary/aromatic N) is 2. The van der Waals surface area contributed by atoms with E-state index >= 15 is 0 Å². The third-order valence-electron chi connectivity index (χ3n) is 4.54. The van der Waals surface area contributed by atoms with Crippen LogP contribution in [0.25, 0.3) is 10.2 Å². The number of aliphatic hydroxyl groups is 1. The average Bonchev–Trinajstić information content (AvgIpc) is 3.03. The number of thiophene rings is 1. The lowest BCUT2D eigenvalue weighted by Gasteiger charge is -2.33. The summed E-state index contributed by atoms with van der Waals surface area (Å²) >= 11 is 1.35. The van der Waals surface area contributed by atoms with E-state index in [-0.39, 0.29) is 30.0 Å². The van der Waals surface area contributed by atoms with Crippen molar-refractivity contribution in [1.82, 2.24) is 14.9 Å². The van der Waals surface area contributed by atoms with Crippen LogP contribution in [0.4, 0.5) is 0 Å². The Morgan fingerprint density at radius 3 is 3.08 bits per heavy atom. The summed E-state index contributed by atoms with van der Waals surface area (Å²) in [7, 11) is 3.25. The molecule has 1 aliphatic rings. The third kappa shape index (κ3) is 3.35. The average molecular weight is 351 g/mol. The molecule has 3 atom stereocenters. The molecule has 3 unspecified atom stereocenters. The van der Waals surface area contributed by atoms with Gasteiger partial charge < -0.3 is 19.7 Å². The van der Waals surface area contributed by atoms with Crippen LogP contribution < -0.4 is 5.56 Å². The van der Waals surface area contributed by atoms with Crippen molar-refractivity contribution in [3.8, 4) is 0 Å². The van der Waals surface area contributed by atoms with Crippen molar-refractivity contribution in [2.75, 3.05) is 14.2 Å². The van der Waals surface area contributed by atoms with Crippen molar-refractivity contribution >= 4 is 27.5 Å². The fourth-order valence-corrected chi connectivity index (χ4v) is 3.93. The predicted octanol–water partition coefficient (Wildman–Crippen LogP) is 1.12. The van der Waals surface area contributed by atoms with Crippen molar-refractivity contribution < 1.29 is 14.6 Å². The van der Waals surface area contributed by atoms with Crippen LogP contribution in [0.3, 0.4) is 0 Å².